The molecule has 0 fully saturated rings. The standard InChI is InChI=1S/C16H13ClFN3/c1-21-15(19)14(11-7-12(17)9-13(18)8-11)20-16(21)10-5-3-2-4-6-10/h2-9H,19H2,1H3. The molecular weight excluding hydrogens is 289 g/mol. The zero-order valence-electron chi connectivity index (χ0n) is 11.3. The number of benzene rings is 2. The Morgan fingerprint density at radius 3 is 2.48 bits per heavy atom. The highest BCUT2D eigenvalue weighted by Crippen LogP contribution is 2.31. The van der Waals surface area contributed by atoms with Gasteiger partial charge in [-0.3, -0.25) is 0 Å². The zero-order chi connectivity index (χ0) is 15.0. The van der Waals surface area contributed by atoms with E-state index in [0.29, 0.717) is 22.1 Å². The molecule has 3 nitrogen and oxygen atoms in total. The molecule has 0 amide bonds. The van der Waals surface area contributed by atoms with Crippen molar-refractivity contribution in [3.8, 4) is 22.6 Å². The lowest BCUT2D eigenvalue weighted by Gasteiger charge is -2.02. The molecule has 1 aromatic heterocycles. The second-order valence-corrected chi connectivity index (χ2v) is 5.19. The van der Waals surface area contributed by atoms with Crippen molar-refractivity contribution in [2.24, 2.45) is 7.05 Å². The number of nitrogens with zero attached hydrogens (tertiary/aromatic N) is 2. The predicted molar refractivity (Wildman–Crippen MR) is 83.5 cm³/mol. The summed E-state index contributed by atoms with van der Waals surface area (Å²) in [6, 6.07) is 14.0. The van der Waals surface area contributed by atoms with E-state index in [0.717, 1.165) is 11.4 Å². The Labute approximate surface area is 126 Å². The average Bonchev–Trinajstić information content (AvgIpc) is 2.75. The molecule has 3 rings (SSSR count). The minimum absolute atomic E-state index is 0.316. The number of anilines is 1. The molecule has 2 N–H and O–H groups in total. The Balaban J connectivity index is 2.17. The van der Waals surface area contributed by atoms with Crippen LogP contribution in [0.4, 0.5) is 10.2 Å². The van der Waals surface area contributed by atoms with Crippen molar-refractivity contribution in [3.63, 3.8) is 0 Å². The van der Waals surface area contributed by atoms with Gasteiger partial charge in [0.25, 0.3) is 0 Å². The Bertz CT molecular complexity index is 777. The first-order valence-electron chi connectivity index (χ1n) is 6.40. The number of aromatic nitrogens is 2. The van der Waals surface area contributed by atoms with E-state index in [4.69, 9.17) is 17.3 Å². The van der Waals surface area contributed by atoms with E-state index >= 15 is 0 Å². The Morgan fingerprint density at radius 2 is 1.81 bits per heavy atom. The molecule has 0 bridgehead atoms. The molecule has 5 heteroatoms. The minimum Gasteiger partial charge on any atom is -0.383 e. The summed E-state index contributed by atoms with van der Waals surface area (Å²) in [6.45, 7) is 0. The normalized spacial score (nSPS) is 10.8. The lowest BCUT2D eigenvalue weighted by molar-refractivity contribution is 0.628. The molecule has 3 aromatic rings. The van der Waals surface area contributed by atoms with E-state index in [1.54, 1.807) is 10.6 Å². The Kier molecular flexibility index (Phi) is 3.39. The van der Waals surface area contributed by atoms with E-state index in [9.17, 15) is 4.39 Å². The van der Waals surface area contributed by atoms with E-state index in [2.05, 4.69) is 4.98 Å². The van der Waals surface area contributed by atoms with Crippen molar-refractivity contribution in [1.29, 1.82) is 0 Å². The molecule has 0 radical (unpaired) electrons. The van der Waals surface area contributed by atoms with Crippen molar-refractivity contribution in [3.05, 3.63) is 59.4 Å². The van der Waals surface area contributed by atoms with Gasteiger partial charge in [-0.05, 0) is 18.2 Å². The van der Waals surface area contributed by atoms with Crippen LogP contribution in [0.15, 0.2) is 48.5 Å². The van der Waals surface area contributed by atoms with E-state index in [1.165, 1.54) is 12.1 Å². The van der Waals surface area contributed by atoms with Crippen LogP contribution in [0.3, 0.4) is 0 Å². The first-order valence-corrected chi connectivity index (χ1v) is 6.78. The van der Waals surface area contributed by atoms with Gasteiger partial charge in [0.15, 0.2) is 0 Å². The molecule has 0 spiro atoms. The second-order valence-electron chi connectivity index (χ2n) is 4.75. The van der Waals surface area contributed by atoms with Crippen molar-refractivity contribution in [1.82, 2.24) is 9.55 Å². The first-order chi connectivity index (χ1) is 10.1. The lowest BCUT2D eigenvalue weighted by atomic mass is 10.1. The number of imidazole rings is 1. The first kappa shape index (κ1) is 13.6. The number of rotatable bonds is 2. The van der Waals surface area contributed by atoms with Crippen LogP contribution >= 0.6 is 11.6 Å². The number of nitrogen functional groups attached to an aromatic ring is 1. The number of hydrogen-bond acceptors (Lipinski definition) is 2. The average molecular weight is 302 g/mol. The molecule has 0 unspecified atom stereocenters. The smallest absolute Gasteiger partial charge is 0.142 e. The molecule has 2 aromatic carbocycles. The third kappa shape index (κ3) is 2.50. The fraction of sp³-hybridized carbons (Fsp3) is 0.0625. The summed E-state index contributed by atoms with van der Waals surface area (Å²) in [5.74, 6) is 0.780. The van der Waals surface area contributed by atoms with Crippen LogP contribution in [0.2, 0.25) is 5.02 Å². The van der Waals surface area contributed by atoms with Crippen molar-refractivity contribution in [2.45, 2.75) is 0 Å². The van der Waals surface area contributed by atoms with Crippen molar-refractivity contribution >= 4 is 17.4 Å². The summed E-state index contributed by atoms with van der Waals surface area (Å²) >= 11 is 5.90. The van der Waals surface area contributed by atoms with Gasteiger partial charge in [0.2, 0.25) is 0 Å². The number of hydrogen-bond donors (Lipinski definition) is 1. The van der Waals surface area contributed by atoms with E-state index in [-0.39, 0.29) is 0 Å². The van der Waals surface area contributed by atoms with Gasteiger partial charge in [-0.15, -0.1) is 0 Å². The van der Waals surface area contributed by atoms with Crippen LogP contribution in [0, 0.1) is 5.82 Å². The highest BCUT2D eigenvalue weighted by atomic mass is 35.5. The van der Waals surface area contributed by atoms with Crippen molar-refractivity contribution in [2.75, 3.05) is 5.73 Å². The molecule has 0 aliphatic carbocycles. The highest BCUT2D eigenvalue weighted by Gasteiger charge is 2.16. The van der Waals surface area contributed by atoms with Crippen LogP contribution in [-0.2, 0) is 7.05 Å². The maximum atomic E-state index is 13.5. The van der Waals surface area contributed by atoms with Crippen LogP contribution < -0.4 is 5.73 Å². The predicted octanol–water partition coefficient (Wildman–Crippen LogP) is 4.13. The van der Waals surface area contributed by atoms with E-state index in [1.807, 2.05) is 37.4 Å². The minimum atomic E-state index is -0.413. The Morgan fingerprint density at radius 1 is 1.10 bits per heavy atom. The Hall–Kier alpha value is -2.33. The van der Waals surface area contributed by atoms with Crippen molar-refractivity contribution < 1.29 is 4.39 Å². The van der Waals surface area contributed by atoms with Gasteiger partial charge < -0.3 is 10.3 Å². The molecule has 0 saturated carbocycles. The summed E-state index contributed by atoms with van der Waals surface area (Å²) in [6.07, 6.45) is 0. The summed E-state index contributed by atoms with van der Waals surface area (Å²) in [4.78, 5) is 4.54. The van der Waals surface area contributed by atoms with Crippen LogP contribution in [0.1, 0.15) is 0 Å². The van der Waals surface area contributed by atoms with E-state index < -0.39 is 5.82 Å². The fourth-order valence-corrected chi connectivity index (χ4v) is 2.48. The molecular formula is C16H13ClFN3. The van der Waals surface area contributed by atoms with Gasteiger partial charge >= 0.3 is 0 Å². The quantitative estimate of drug-likeness (QED) is 0.773. The highest BCUT2D eigenvalue weighted by molar-refractivity contribution is 6.30. The largest absolute Gasteiger partial charge is 0.383 e. The molecule has 21 heavy (non-hydrogen) atoms. The monoisotopic (exact) mass is 301 g/mol. The lowest BCUT2D eigenvalue weighted by Crippen LogP contribution is -1.98. The summed E-state index contributed by atoms with van der Waals surface area (Å²) in [7, 11) is 1.83. The summed E-state index contributed by atoms with van der Waals surface area (Å²) in [5.41, 5.74) is 8.14. The maximum Gasteiger partial charge on any atom is 0.142 e. The molecule has 1 heterocycles. The third-order valence-corrected chi connectivity index (χ3v) is 3.53. The molecule has 0 aliphatic rings. The molecule has 106 valence electrons. The SMILES string of the molecule is Cn1c(-c2ccccc2)nc(-c2cc(F)cc(Cl)c2)c1N. The van der Waals surface area contributed by atoms with Gasteiger partial charge in [-0.2, -0.15) is 0 Å². The van der Waals surface area contributed by atoms with Gasteiger partial charge in [-0.25, -0.2) is 9.37 Å². The molecule has 0 aliphatic heterocycles. The summed E-state index contributed by atoms with van der Waals surface area (Å²) < 4.78 is 15.3. The van der Waals surface area contributed by atoms with Gasteiger partial charge in [-0.1, -0.05) is 41.9 Å². The zero-order valence-corrected chi connectivity index (χ0v) is 12.1. The van der Waals surface area contributed by atoms with Gasteiger partial charge in [0, 0.05) is 23.2 Å². The fourth-order valence-electron chi connectivity index (χ4n) is 2.26. The summed E-state index contributed by atoms with van der Waals surface area (Å²) in [5, 5.41) is 0.316. The molecule has 0 atom stereocenters. The van der Waals surface area contributed by atoms with Gasteiger partial charge in [0.1, 0.15) is 23.2 Å². The number of nitrogens with two attached hydrogens (primary N) is 1. The third-order valence-electron chi connectivity index (χ3n) is 3.31. The molecule has 0 saturated heterocycles. The second kappa shape index (κ2) is 5.22. The topological polar surface area (TPSA) is 43.8 Å². The van der Waals surface area contributed by atoms with Crippen LogP contribution in [0.25, 0.3) is 22.6 Å². The van der Waals surface area contributed by atoms with Crippen LogP contribution in [0.5, 0.6) is 0 Å². The maximum absolute atomic E-state index is 13.5. The van der Waals surface area contributed by atoms with Gasteiger partial charge in [0.05, 0.1) is 0 Å². The van der Waals surface area contributed by atoms with Crippen LogP contribution in [-0.4, -0.2) is 9.55 Å². The number of halogens is 2.